The van der Waals surface area contributed by atoms with Crippen molar-refractivity contribution in [3.05, 3.63) is 20.8 Å². The van der Waals surface area contributed by atoms with Gasteiger partial charge in [-0.1, -0.05) is 0 Å². The van der Waals surface area contributed by atoms with Crippen LogP contribution in [-0.2, 0) is 0 Å². The largest absolute Gasteiger partial charge is 0.389 e. The van der Waals surface area contributed by atoms with Gasteiger partial charge < -0.3 is 15.9 Å². The van der Waals surface area contributed by atoms with Crippen LogP contribution in [0.4, 0.5) is 0 Å². The minimum Gasteiger partial charge on any atom is -0.389 e. The maximum absolute atomic E-state index is 9.53. The van der Waals surface area contributed by atoms with Crippen LogP contribution >= 0.6 is 27.3 Å². The second-order valence-electron chi connectivity index (χ2n) is 4.01. The normalized spacial score (nSPS) is 28.5. The van der Waals surface area contributed by atoms with E-state index >= 15 is 0 Å². The van der Waals surface area contributed by atoms with Crippen LogP contribution in [-0.4, -0.2) is 47.0 Å². The predicted octanol–water partition coefficient (Wildman–Crippen LogP) is 0.548. The zero-order valence-electron chi connectivity index (χ0n) is 8.71. The van der Waals surface area contributed by atoms with Gasteiger partial charge in [-0.05, 0) is 22.0 Å². The molecule has 2 rings (SSSR count). The fourth-order valence-corrected chi connectivity index (χ4v) is 3.59. The maximum atomic E-state index is 9.53. The zero-order chi connectivity index (χ0) is 11.7. The van der Waals surface area contributed by atoms with E-state index in [-0.39, 0.29) is 6.04 Å². The molecule has 3 unspecified atom stereocenters. The Bertz CT molecular complexity index is 350. The first-order chi connectivity index (χ1) is 7.61. The Balaban J connectivity index is 2.12. The molecule has 1 aliphatic heterocycles. The number of thiophene rings is 1. The van der Waals surface area contributed by atoms with E-state index in [1.165, 1.54) is 0 Å². The van der Waals surface area contributed by atoms with Crippen LogP contribution in [0, 0.1) is 0 Å². The quantitative estimate of drug-likeness (QED) is 0.763. The van der Waals surface area contributed by atoms with E-state index in [4.69, 9.17) is 5.73 Å². The van der Waals surface area contributed by atoms with Crippen LogP contribution in [0.3, 0.4) is 0 Å². The summed E-state index contributed by atoms with van der Waals surface area (Å²) in [5, 5.41) is 21.1. The molecule has 1 aliphatic rings. The van der Waals surface area contributed by atoms with E-state index in [9.17, 15) is 10.2 Å². The molecular weight excluding hydrogens is 292 g/mol. The summed E-state index contributed by atoms with van der Waals surface area (Å²) in [4.78, 5) is 3.20. The molecule has 1 saturated heterocycles. The van der Waals surface area contributed by atoms with E-state index in [0.717, 1.165) is 9.35 Å². The van der Waals surface area contributed by atoms with Gasteiger partial charge in [-0.25, -0.2) is 0 Å². The Morgan fingerprint density at radius 2 is 2.12 bits per heavy atom. The molecule has 1 aromatic rings. The average Bonchev–Trinajstić information content (AvgIpc) is 2.77. The monoisotopic (exact) mass is 306 g/mol. The lowest BCUT2D eigenvalue weighted by molar-refractivity contribution is 0.0572. The topological polar surface area (TPSA) is 69.7 Å². The van der Waals surface area contributed by atoms with Crippen molar-refractivity contribution < 1.29 is 10.2 Å². The minimum atomic E-state index is -0.655. The van der Waals surface area contributed by atoms with Gasteiger partial charge in [0.15, 0.2) is 0 Å². The first-order valence-electron chi connectivity index (χ1n) is 5.16. The molecule has 0 saturated carbocycles. The second kappa shape index (κ2) is 5.12. The number of aliphatic hydroxyl groups is 2. The van der Waals surface area contributed by atoms with Gasteiger partial charge in [0.25, 0.3) is 0 Å². The van der Waals surface area contributed by atoms with Gasteiger partial charge >= 0.3 is 0 Å². The van der Waals surface area contributed by atoms with Gasteiger partial charge in [-0.2, -0.15) is 0 Å². The Kier molecular flexibility index (Phi) is 3.99. The lowest BCUT2D eigenvalue weighted by Gasteiger charge is -2.25. The lowest BCUT2D eigenvalue weighted by Crippen LogP contribution is -2.32. The molecule has 0 radical (unpaired) electrons. The van der Waals surface area contributed by atoms with Crippen molar-refractivity contribution in [2.45, 2.75) is 18.2 Å². The number of β-amino-alcohol motifs (C(OH)–C–C–N with tert-alkyl or cyclic N) is 2. The molecule has 2 heterocycles. The van der Waals surface area contributed by atoms with Gasteiger partial charge in [-0.15, -0.1) is 11.3 Å². The molecule has 4 nitrogen and oxygen atoms in total. The Morgan fingerprint density at radius 1 is 1.50 bits per heavy atom. The number of rotatable bonds is 3. The van der Waals surface area contributed by atoms with Crippen LogP contribution in [0.25, 0.3) is 0 Å². The van der Waals surface area contributed by atoms with Crippen LogP contribution in [0.2, 0.25) is 0 Å². The highest BCUT2D eigenvalue weighted by atomic mass is 79.9. The third-order valence-corrected chi connectivity index (χ3v) is 4.66. The minimum absolute atomic E-state index is 0.0862. The highest BCUT2D eigenvalue weighted by Crippen LogP contribution is 2.31. The number of hydrogen-bond acceptors (Lipinski definition) is 5. The summed E-state index contributed by atoms with van der Waals surface area (Å²) >= 11 is 5.05. The fourth-order valence-electron chi connectivity index (χ4n) is 2.00. The average molecular weight is 307 g/mol. The Morgan fingerprint density at radius 3 is 2.56 bits per heavy atom. The predicted molar refractivity (Wildman–Crippen MR) is 67.4 cm³/mol. The smallest absolute Gasteiger partial charge is 0.0938 e. The molecule has 16 heavy (non-hydrogen) atoms. The second-order valence-corrected chi connectivity index (χ2v) is 5.87. The third-order valence-electron chi connectivity index (χ3n) is 2.87. The van der Waals surface area contributed by atoms with Crippen molar-refractivity contribution in [1.82, 2.24) is 4.90 Å². The van der Waals surface area contributed by atoms with Gasteiger partial charge in [0, 0.05) is 34.4 Å². The first kappa shape index (κ1) is 12.5. The Hall–Kier alpha value is 0.0200. The van der Waals surface area contributed by atoms with Crippen LogP contribution in [0.5, 0.6) is 0 Å². The van der Waals surface area contributed by atoms with Crippen LogP contribution in [0.15, 0.2) is 15.9 Å². The van der Waals surface area contributed by atoms with Crippen LogP contribution < -0.4 is 5.73 Å². The van der Waals surface area contributed by atoms with Gasteiger partial charge in [0.2, 0.25) is 0 Å². The molecule has 6 heteroatoms. The highest BCUT2D eigenvalue weighted by Gasteiger charge is 2.34. The number of halogens is 1. The first-order valence-corrected chi connectivity index (χ1v) is 6.83. The van der Waals surface area contributed by atoms with Crippen molar-refractivity contribution in [2.75, 3.05) is 19.6 Å². The SMILES string of the molecule is NCC(c1cc(Br)cs1)N1CC(O)C(O)C1. The summed E-state index contributed by atoms with van der Waals surface area (Å²) in [5.74, 6) is 0. The van der Waals surface area contributed by atoms with Gasteiger partial charge in [-0.3, -0.25) is 4.90 Å². The van der Waals surface area contributed by atoms with Crippen molar-refractivity contribution >= 4 is 27.3 Å². The summed E-state index contributed by atoms with van der Waals surface area (Å²) < 4.78 is 1.05. The maximum Gasteiger partial charge on any atom is 0.0938 e. The van der Waals surface area contributed by atoms with Gasteiger partial charge in [0.05, 0.1) is 18.2 Å². The number of likely N-dealkylation sites (tertiary alicyclic amines) is 1. The molecule has 1 fully saturated rings. The number of aliphatic hydroxyl groups excluding tert-OH is 2. The molecule has 4 N–H and O–H groups in total. The molecule has 0 amide bonds. The molecule has 0 spiro atoms. The molecule has 0 aliphatic carbocycles. The van der Waals surface area contributed by atoms with Crippen molar-refractivity contribution in [1.29, 1.82) is 0 Å². The third kappa shape index (κ3) is 2.47. The molecule has 3 atom stereocenters. The van der Waals surface area contributed by atoms with Crippen molar-refractivity contribution in [3.63, 3.8) is 0 Å². The van der Waals surface area contributed by atoms with E-state index in [2.05, 4.69) is 15.9 Å². The number of nitrogens with two attached hydrogens (primary N) is 1. The summed E-state index contributed by atoms with van der Waals surface area (Å²) in [7, 11) is 0. The van der Waals surface area contributed by atoms with Crippen molar-refractivity contribution in [2.24, 2.45) is 5.73 Å². The summed E-state index contributed by atoms with van der Waals surface area (Å²) in [6.45, 7) is 1.46. The Labute approximate surface area is 107 Å². The molecule has 90 valence electrons. The lowest BCUT2D eigenvalue weighted by atomic mass is 10.2. The summed E-state index contributed by atoms with van der Waals surface area (Å²) in [6, 6.07) is 2.13. The van der Waals surface area contributed by atoms with Gasteiger partial charge in [0.1, 0.15) is 0 Å². The van der Waals surface area contributed by atoms with Crippen molar-refractivity contribution in [3.8, 4) is 0 Å². The fraction of sp³-hybridized carbons (Fsp3) is 0.600. The molecule has 0 aromatic carbocycles. The van der Waals surface area contributed by atoms with E-state index in [1.807, 2.05) is 16.3 Å². The number of hydrogen-bond donors (Lipinski definition) is 3. The van der Waals surface area contributed by atoms with Crippen LogP contribution in [0.1, 0.15) is 10.9 Å². The summed E-state index contributed by atoms with van der Waals surface area (Å²) in [6.07, 6.45) is -1.31. The molecule has 0 bridgehead atoms. The highest BCUT2D eigenvalue weighted by molar-refractivity contribution is 9.10. The van der Waals surface area contributed by atoms with E-state index in [1.54, 1.807) is 11.3 Å². The zero-order valence-corrected chi connectivity index (χ0v) is 11.1. The van der Waals surface area contributed by atoms with E-state index in [0.29, 0.717) is 19.6 Å². The summed E-state index contributed by atoms with van der Waals surface area (Å²) in [5.41, 5.74) is 5.77. The standard InChI is InChI=1S/C10H15BrN2O2S/c11-6-1-10(16-5-6)7(2-12)13-3-8(14)9(15)4-13/h1,5,7-9,14-15H,2-4,12H2. The number of nitrogens with zero attached hydrogens (tertiary/aromatic N) is 1. The van der Waals surface area contributed by atoms with E-state index < -0.39 is 12.2 Å². The molecule has 1 aromatic heterocycles. The molecular formula is C10H15BrN2O2S.